The van der Waals surface area contributed by atoms with Crippen molar-refractivity contribution in [2.75, 3.05) is 20.2 Å². The van der Waals surface area contributed by atoms with Crippen molar-refractivity contribution >= 4 is 5.97 Å². The van der Waals surface area contributed by atoms with E-state index in [9.17, 15) is 4.79 Å². The lowest BCUT2D eigenvalue weighted by Gasteiger charge is -2.40. The maximum absolute atomic E-state index is 11.6. The van der Waals surface area contributed by atoms with Crippen molar-refractivity contribution in [2.45, 2.75) is 57.9 Å². The van der Waals surface area contributed by atoms with Crippen molar-refractivity contribution in [3.8, 4) is 0 Å². The summed E-state index contributed by atoms with van der Waals surface area (Å²) in [5.41, 5.74) is 0. The molecule has 18 heavy (non-hydrogen) atoms. The Morgan fingerprint density at radius 2 is 1.94 bits per heavy atom. The van der Waals surface area contributed by atoms with E-state index in [0.717, 1.165) is 31.3 Å². The molecule has 1 atom stereocenters. The first-order chi connectivity index (χ1) is 8.74. The van der Waals surface area contributed by atoms with Gasteiger partial charge in [0.15, 0.2) is 0 Å². The van der Waals surface area contributed by atoms with Crippen molar-refractivity contribution in [2.24, 2.45) is 11.8 Å². The van der Waals surface area contributed by atoms with Gasteiger partial charge in [0.05, 0.1) is 13.0 Å². The largest absolute Gasteiger partial charge is 0.469 e. The van der Waals surface area contributed by atoms with Gasteiger partial charge in [-0.05, 0) is 51.0 Å². The van der Waals surface area contributed by atoms with Crippen LogP contribution in [0, 0.1) is 11.8 Å². The van der Waals surface area contributed by atoms with Gasteiger partial charge >= 0.3 is 5.97 Å². The van der Waals surface area contributed by atoms with Crippen LogP contribution in [0.4, 0.5) is 0 Å². The zero-order valence-electron chi connectivity index (χ0n) is 11.9. The number of hydrogen-bond acceptors (Lipinski definition) is 3. The maximum Gasteiger partial charge on any atom is 0.309 e. The lowest BCUT2D eigenvalue weighted by molar-refractivity contribution is -0.147. The number of hydrogen-bond donors (Lipinski definition) is 0. The zero-order chi connectivity index (χ0) is 13.0. The van der Waals surface area contributed by atoms with E-state index in [2.05, 4.69) is 11.8 Å². The summed E-state index contributed by atoms with van der Waals surface area (Å²) in [6.07, 6.45) is 8.89. The van der Waals surface area contributed by atoms with Crippen molar-refractivity contribution < 1.29 is 9.53 Å². The highest BCUT2D eigenvalue weighted by molar-refractivity contribution is 5.72. The van der Waals surface area contributed by atoms with Crippen molar-refractivity contribution in [1.29, 1.82) is 0 Å². The molecular weight excluding hydrogens is 226 g/mol. The number of rotatable bonds is 3. The molecule has 0 aromatic rings. The Balaban J connectivity index is 1.84. The second-order valence-electron chi connectivity index (χ2n) is 5.94. The van der Waals surface area contributed by atoms with E-state index in [0.29, 0.717) is 0 Å². The molecule has 0 aromatic heterocycles. The number of ether oxygens (including phenoxy) is 1. The normalized spacial score (nSPS) is 34.2. The van der Waals surface area contributed by atoms with Crippen LogP contribution in [0.1, 0.15) is 51.9 Å². The fraction of sp³-hybridized carbons (Fsp3) is 0.933. The molecule has 0 aromatic carbocycles. The predicted molar refractivity (Wildman–Crippen MR) is 72.4 cm³/mol. The third-order valence-corrected chi connectivity index (χ3v) is 4.90. The van der Waals surface area contributed by atoms with Gasteiger partial charge in [-0.3, -0.25) is 9.69 Å². The van der Waals surface area contributed by atoms with Crippen LogP contribution in [0.25, 0.3) is 0 Å². The molecule has 1 aliphatic heterocycles. The average molecular weight is 253 g/mol. The smallest absolute Gasteiger partial charge is 0.309 e. The SMILES string of the molecule is CCC1CCC(N2CCC[C@H](C(=O)OC)C2)CC1. The van der Waals surface area contributed by atoms with Gasteiger partial charge in [0.25, 0.3) is 0 Å². The van der Waals surface area contributed by atoms with Gasteiger partial charge in [-0.25, -0.2) is 0 Å². The molecular formula is C15H27NO2. The Labute approximate surface area is 111 Å². The lowest BCUT2D eigenvalue weighted by Crippen LogP contribution is -2.46. The molecule has 0 spiro atoms. The minimum absolute atomic E-state index is 0.0121. The van der Waals surface area contributed by atoms with Gasteiger partial charge in [-0.15, -0.1) is 0 Å². The molecule has 1 aliphatic carbocycles. The number of methoxy groups -OCH3 is 1. The van der Waals surface area contributed by atoms with E-state index in [4.69, 9.17) is 4.74 Å². The molecule has 1 saturated carbocycles. The van der Waals surface area contributed by atoms with E-state index in [1.807, 2.05) is 0 Å². The zero-order valence-corrected chi connectivity index (χ0v) is 11.9. The average Bonchev–Trinajstić information content (AvgIpc) is 2.46. The number of esters is 1. The van der Waals surface area contributed by atoms with Crippen LogP contribution in [-0.4, -0.2) is 37.1 Å². The summed E-state index contributed by atoms with van der Waals surface area (Å²) in [6.45, 7) is 4.41. The van der Waals surface area contributed by atoms with Crippen molar-refractivity contribution in [1.82, 2.24) is 4.90 Å². The van der Waals surface area contributed by atoms with Gasteiger partial charge in [0.2, 0.25) is 0 Å². The molecule has 1 saturated heterocycles. The molecule has 0 unspecified atom stereocenters. The first kappa shape index (κ1) is 13.9. The van der Waals surface area contributed by atoms with Gasteiger partial charge in [-0.1, -0.05) is 13.3 Å². The summed E-state index contributed by atoms with van der Waals surface area (Å²) in [6, 6.07) is 0.722. The lowest BCUT2D eigenvalue weighted by atomic mass is 9.83. The minimum Gasteiger partial charge on any atom is -0.469 e. The maximum atomic E-state index is 11.6. The predicted octanol–water partition coefficient (Wildman–Crippen LogP) is 2.84. The molecule has 2 rings (SSSR count). The van der Waals surface area contributed by atoms with E-state index >= 15 is 0 Å². The third-order valence-electron chi connectivity index (χ3n) is 4.90. The standard InChI is InChI=1S/C15H27NO2/c1-3-12-6-8-14(9-7-12)16-10-4-5-13(11-16)15(17)18-2/h12-14H,3-11H2,1-2H3/t12?,13-,14?/m0/s1. The number of nitrogens with zero attached hydrogens (tertiary/aromatic N) is 1. The molecule has 104 valence electrons. The first-order valence-corrected chi connectivity index (χ1v) is 7.56. The number of piperidine rings is 1. The highest BCUT2D eigenvalue weighted by Crippen LogP contribution is 2.31. The Morgan fingerprint density at radius 1 is 1.22 bits per heavy atom. The van der Waals surface area contributed by atoms with Gasteiger partial charge in [-0.2, -0.15) is 0 Å². The quantitative estimate of drug-likeness (QED) is 0.724. The van der Waals surface area contributed by atoms with E-state index < -0.39 is 0 Å². The third kappa shape index (κ3) is 3.25. The summed E-state index contributed by atoms with van der Waals surface area (Å²) in [7, 11) is 1.51. The minimum atomic E-state index is -0.0121. The topological polar surface area (TPSA) is 29.5 Å². The summed E-state index contributed by atoms with van der Waals surface area (Å²) in [5.74, 6) is 1.05. The molecule has 0 amide bonds. The monoisotopic (exact) mass is 253 g/mol. The highest BCUT2D eigenvalue weighted by Gasteiger charge is 2.32. The summed E-state index contributed by atoms with van der Waals surface area (Å²) < 4.78 is 4.89. The molecule has 3 nitrogen and oxygen atoms in total. The second kappa shape index (κ2) is 6.55. The number of likely N-dealkylation sites (tertiary alicyclic amines) is 1. The Hall–Kier alpha value is -0.570. The van der Waals surface area contributed by atoms with E-state index in [-0.39, 0.29) is 11.9 Å². The summed E-state index contributed by atoms with van der Waals surface area (Å²) in [4.78, 5) is 14.2. The van der Waals surface area contributed by atoms with Gasteiger partial charge < -0.3 is 4.74 Å². The number of carbonyl (C=O) groups is 1. The van der Waals surface area contributed by atoms with Gasteiger partial charge in [0.1, 0.15) is 0 Å². The van der Waals surface area contributed by atoms with Crippen LogP contribution in [0.5, 0.6) is 0 Å². The Morgan fingerprint density at radius 3 is 2.56 bits per heavy atom. The summed E-state index contributed by atoms with van der Waals surface area (Å²) >= 11 is 0. The van der Waals surface area contributed by atoms with Crippen LogP contribution in [-0.2, 0) is 9.53 Å². The van der Waals surface area contributed by atoms with E-state index in [1.54, 1.807) is 0 Å². The highest BCUT2D eigenvalue weighted by atomic mass is 16.5. The molecule has 2 aliphatic rings. The molecule has 0 bridgehead atoms. The van der Waals surface area contributed by atoms with Crippen LogP contribution in [0.2, 0.25) is 0 Å². The first-order valence-electron chi connectivity index (χ1n) is 7.56. The van der Waals surface area contributed by atoms with Crippen LogP contribution < -0.4 is 0 Å². The second-order valence-corrected chi connectivity index (χ2v) is 5.94. The Bertz CT molecular complexity index is 272. The molecule has 0 radical (unpaired) electrons. The van der Waals surface area contributed by atoms with Crippen LogP contribution in [0.15, 0.2) is 0 Å². The van der Waals surface area contributed by atoms with E-state index in [1.165, 1.54) is 45.8 Å². The van der Waals surface area contributed by atoms with Gasteiger partial charge in [0, 0.05) is 12.6 Å². The van der Waals surface area contributed by atoms with Crippen LogP contribution in [0.3, 0.4) is 0 Å². The molecule has 0 N–H and O–H groups in total. The fourth-order valence-electron chi connectivity index (χ4n) is 3.62. The van der Waals surface area contributed by atoms with Crippen molar-refractivity contribution in [3.05, 3.63) is 0 Å². The molecule has 1 heterocycles. The molecule has 2 fully saturated rings. The van der Waals surface area contributed by atoms with Crippen molar-refractivity contribution in [3.63, 3.8) is 0 Å². The molecule has 3 heteroatoms. The Kier molecular flexibility index (Phi) is 5.04. The number of carbonyl (C=O) groups excluding carboxylic acids is 1. The fourth-order valence-corrected chi connectivity index (χ4v) is 3.62. The summed E-state index contributed by atoms with van der Waals surface area (Å²) in [5, 5.41) is 0. The van der Waals surface area contributed by atoms with Crippen LogP contribution >= 0.6 is 0 Å².